The third-order valence-corrected chi connectivity index (χ3v) is 6.49. The first-order valence-corrected chi connectivity index (χ1v) is 11.6. The first-order chi connectivity index (χ1) is 15.5. The van der Waals surface area contributed by atoms with Crippen molar-refractivity contribution in [2.24, 2.45) is 5.41 Å². The topological polar surface area (TPSA) is 105 Å². The number of hydrogen-bond acceptors (Lipinski definition) is 6. The lowest BCUT2D eigenvalue weighted by Gasteiger charge is -2.17. The Labute approximate surface area is 197 Å². The molecule has 3 amide bonds. The molecule has 176 valence electrons. The molecule has 1 aromatic heterocycles. The Hall–Kier alpha value is -3.20. The smallest absolute Gasteiger partial charge is 0.341 e. The first kappa shape index (κ1) is 24.4. The number of rotatable bonds is 6. The van der Waals surface area contributed by atoms with E-state index in [9.17, 15) is 19.2 Å². The van der Waals surface area contributed by atoms with E-state index in [1.807, 2.05) is 6.92 Å². The third-order valence-electron chi connectivity index (χ3n) is 5.37. The van der Waals surface area contributed by atoms with E-state index >= 15 is 0 Å². The van der Waals surface area contributed by atoms with Gasteiger partial charge in [0.15, 0.2) is 6.61 Å². The highest BCUT2D eigenvalue weighted by atomic mass is 32.1. The van der Waals surface area contributed by atoms with Gasteiger partial charge in [-0.3, -0.25) is 14.4 Å². The van der Waals surface area contributed by atoms with Crippen LogP contribution in [0.15, 0.2) is 24.3 Å². The fourth-order valence-corrected chi connectivity index (χ4v) is 4.34. The van der Waals surface area contributed by atoms with Crippen molar-refractivity contribution in [2.75, 3.05) is 28.7 Å². The van der Waals surface area contributed by atoms with Gasteiger partial charge in [0.2, 0.25) is 11.8 Å². The second-order valence-corrected chi connectivity index (χ2v) is 10.2. The zero-order valence-electron chi connectivity index (χ0n) is 19.5. The summed E-state index contributed by atoms with van der Waals surface area (Å²) in [4.78, 5) is 51.9. The molecule has 3 rings (SSSR count). The van der Waals surface area contributed by atoms with Crippen molar-refractivity contribution in [1.29, 1.82) is 0 Å². The quantitative estimate of drug-likeness (QED) is 0.612. The Morgan fingerprint density at radius 1 is 1.09 bits per heavy atom. The molecule has 0 saturated carbocycles. The van der Waals surface area contributed by atoms with E-state index in [1.54, 1.807) is 56.9 Å². The average Bonchev–Trinajstić information content (AvgIpc) is 3.29. The molecule has 1 aliphatic rings. The van der Waals surface area contributed by atoms with E-state index in [4.69, 9.17) is 4.74 Å². The predicted molar refractivity (Wildman–Crippen MR) is 129 cm³/mol. The van der Waals surface area contributed by atoms with E-state index in [-0.39, 0.29) is 17.4 Å². The molecule has 0 aliphatic carbocycles. The number of ether oxygens (including phenoxy) is 1. The Morgan fingerprint density at radius 2 is 1.76 bits per heavy atom. The number of anilines is 3. The lowest BCUT2D eigenvalue weighted by molar-refractivity contribution is -0.123. The normalized spacial score (nSPS) is 13.7. The van der Waals surface area contributed by atoms with Gasteiger partial charge in [0.25, 0.3) is 5.91 Å². The number of benzene rings is 1. The van der Waals surface area contributed by atoms with E-state index in [1.165, 1.54) is 11.3 Å². The van der Waals surface area contributed by atoms with Gasteiger partial charge in [-0.25, -0.2) is 4.79 Å². The third kappa shape index (κ3) is 5.78. The summed E-state index contributed by atoms with van der Waals surface area (Å²) in [7, 11) is 0. The number of carbonyl (C=O) groups is 4. The molecule has 0 spiro atoms. The van der Waals surface area contributed by atoms with Gasteiger partial charge in [-0.15, -0.1) is 11.3 Å². The summed E-state index contributed by atoms with van der Waals surface area (Å²) in [5, 5.41) is 5.90. The summed E-state index contributed by atoms with van der Waals surface area (Å²) in [6.07, 6.45) is 1.39. The van der Waals surface area contributed by atoms with Crippen molar-refractivity contribution in [3.05, 3.63) is 40.3 Å². The fraction of sp³-hybridized carbons (Fsp3) is 0.417. The van der Waals surface area contributed by atoms with E-state index < -0.39 is 23.9 Å². The summed E-state index contributed by atoms with van der Waals surface area (Å²) in [5.41, 5.74) is 1.68. The highest BCUT2D eigenvalue weighted by Gasteiger charge is 2.27. The lowest BCUT2D eigenvalue weighted by Crippen LogP contribution is -2.28. The number of nitrogens with zero attached hydrogens (tertiary/aromatic N) is 1. The van der Waals surface area contributed by atoms with Crippen molar-refractivity contribution in [3.8, 4) is 0 Å². The number of hydrogen-bond donors (Lipinski definition) is 2. The molecule has 2 aromatic rings. The lowest BCUT2D eigenvalue weighted by atomic mass is 9.96. The van der Waals surface area contributed by atoms with E-state index in [0.717, 1.165) is 17.0 Å². The standard InChI is InChI=1S/C24H29N3O5S/c1-14-15(2)33-21(26-23(31)24(3,4)5)20(14)22(30)32-13-18(28)25-16-8-10-17(11-9-16)27-12-6-7-19(27)29/h8-11H,6-7,12-13H2,1-5H3,(H,25,28)(H,26,31). The van der Waals surface area contributed by atoms with Crippen LogP contribution < -0.4 is 15.5 Å². The van der Waals surface area contributed by atoms with Crippen molar-refractivity contribution in [2.45, 2.75) is 47.5 Å². The maximum Gasteiger partial charge on any atom is 0.341 e. The Morgan fingerprint density at radius 3 is 2.33 bits per heavy atom. The molecule has 8 nitrogen and oxygen atoms in total. The van der Waals surface area contributed by atoms with Crippen molar-refractivity contribution < 1.29 is 23.9 Å². The van der Waals surface area contributed by atoms with E-state index in [0.29, 0.717) is 29.2 Å². The first-order valence-electron chi connectivity index (χ1n) is 10.8. The molecule has 0 radical (unpaired) electrons. The van der Waals surface area contributed by atoms with Crippen LogP contribution in [0.5, 0.6) is 0 Å². The molecule has 1 saturated heterocycles. The summed E-state index contributed by atoms with van der Waals surface area (Å²) in [5.74, 6) is -1.28. The molecule has 0 atom stereocenters. The van der Waals surface area contributed by atoms with Crippen molar-refractivity contribution in [1.82, 2.24) is 0 Å². The molecular formula is C24H29N3O5S. The minimum absolute atomic E-state index is 0.0933. The van der Waals surface area contributed by atoms with Crippen LogP contribution in [0.25, 0.3) is 0 Å². The molecule has 1 aromatic carbocycles. The average molecular weight is 472 g/mol. The number of esters is 1. The van der Waals surface area contributed by atoms with Gasteiger partial charge in [0.05, 0.1) is 5.56 Å². The molecule has 9 heteroatoms. The maximum atomic E-state index is 12.7. The van der Waals surface area contributed by atoms with Gasteiger partial charge in [-0.05, 0) is 50.1 Å². The molecular weight excluding hydrogens is 442 g/mol. The van der Waals surface area contributed by atoms with Crippen LogP contribution in [0.2, 0.25) is 0 Å². The van der Waals surface area contributed by atoms with Crippen LogP contribution >= 0.6 is 11.3 Å². The number of carbonyl (C=O) groups excluding carboxylic acids is 4. The highest BCUT2D eigenvalue weighted by Crippen LogP contribution is 2.34. The molecule has 0 unspecified atom stereocenters. The van der Waals surface area contributed by atoms with Gasteiger partial charge in [0.1, 0.15) is 5.00 Å². The van der Waals surface area contributed by atoms with Gasteiger partial charge in [0, 0.05) is 34.6 Å². The summed E-state index contributed by atoms with van der Waals surface area (Å²) in [6, 6.07) is 6.94. The highest BCUT2D eigenvalue weighted by molar-refractivity contribution is 7.16. The van der Waals surface area contributed by atoms with Crippen molar-refractivity contribution in [3.63, 3.8) is 0 Å². The summed E-state index contributed by atoms with van der Waals surface area (Å²) < 4.78 is 5.23. The van der Waals surface area contributed by atoms with Gasteiger partial charge in [-0.1, -0.05) is 20.8 Å². The van der Waals surface area contributed by atoms with Gasteiger partial charge >= 0.3 is 5.97 Å². The molecule has 1 fully saturated rings. The minimum atomic E-state index is -0.667. The predicted octanol–water partition coefficient (Wildman–Crippen LogP) is 4.27. The molecule has 0 bridgehead atoms. The zero-order chi connectivity index (χ0) is 24.3. The van der Waals surface area contributed by atoms with Gasteiger partial charge < -0.3 is 20.3 Å². The van der Waals surface area contributed by atoms with Crippen molar-refractivity contribution >= 4 is 51.4 Å². The Kier molecular flexibility index (Phi) is 7.22. The largest absolute Gasteiger partial charge is 0.452 e. The molecule has 2 N–H and O–H groups in total. The number of thiophene rings is 1. The Bertz CT molecular complexity index is 1080. The SMILES string of the molecule is Cc1sc(NC(=O)C(C)(C)C)c(C(=O)OCC(=O)Nc2ccc(N3CCCC3=O)cc2)c1C. The number of aryl methyl sites for hydroxylation is 1. The minimum Gasteiger partial charge on any atom is -0.452 e. The van der Waals surface area contributed by atoms with Crippen LogP contribution in [-0.4, -0.2) is 36.8 Å². The number of amides is 3. The second kappa shape index (κ2) is 9.74. The summed E-state index contributed by atoms with van der Waals surface area (Å²) >= 11 is 1.30. The summed E-state index contributed by atoms with van der Waals surface area (Å²) in [6.45, 7) is 9.22. The monoisotopic (exact) mass is 471 g/mol. The molecule has 2 heterocycles. The molecule has 33 heavy (non-hydrogen) atoms. The van der Waals surface area contributed by atoms with Crippen LogP contribution in [0.4, 0.5) is 16.4 Å². The second-order valence-electron chi connectivity index (χ2n) is 9.01. The molecule has 1 aliphatic heterocycles. The Balaban J connectivity index is 1.60. The van der Waals surface area contributed by atoms with E-state index in [2.05, 4.69) is 10.6 Å². The van der Waals surface area contributed by atoms with Crippen LogP contribution in [0.3, 0.4) is 0 Å². The maximum absolute atomic E-state index is 12.7. The van der Waals surface area contributed by atoms with Gasteiger partial charge in [-0.2, -0.15) is 0 Å². The van der Waals surface area contributed by atoms with Crippen LogP contribution in [0, 0.1) is 19.3 Å². The zero-order valence-corrected chi connectivity index (χ0v) is 20.4. The number of nitrogens with one attached hydrogen (secondary N) is 2. The fourth-order valence-electron chi connectivity index (χ4n) is 3.30. The van der Waals surface area contributed by atoms with Crippen LogP contribution in [0.1, 0.15) is 54.4 Å². The van der Waals surface area contributed by atoms with Crippen LogP contribution in [-0.2, 0) is 19.1 Å².